The highest BCUT2D eigenvalue weighted by molar-refractivity contribution is 6.40. The lowest BCUT2D eigenvalue weighted by Gasteiger charge is -2.12. The van der Waals surface area contributed by atoms with Gasteiger partial charge in [0, 0.05) is 12.3 Å². The van der Waals surface area contributed by atoms with E-state index in [0.717, 1.165) is 0 Å². The van der Waals surface area contributed by atoms with Crippen LogP contribution in [0.15, 0.2) is 23.4 Å². The van der Waals surface area contributed by atoms with Crippen LogP contribution in [-0.4, -0.2) is 28.8 Å². The standard InChI is InChI=1S/C12H11Cl2N3O3/c1-19-8-3-4-15-7(10(8)20-2)5-17-6-16-11(14)9(13)12(17)18/h3-4,6H,5H2,1-2H3. The van der Waals surface area contributed by atoms with Gasteiger partial charge in [-0.1, -0.05) is 23.2 Å². The number of pyridine rings is 1. The van der Waals surface area contributed by atoms with E-state index in [1.165, 1.54) is 25.1 Å². The summed E-state index contributed by atoms with van der Waals surface area (Å²) < 4.78 is 11.7. The highest BCUT2D eigenvalue weighted by Crippen LogP contribution is 2.29. The molecule has 0 aromatic carbocycles. The third kappa shape index (κ3) is 2.71. The van der Waals surface area contributed by atoms with Gasteiger partial charge >= 0.3 is 0 Å². The second-order valence-corrected chi connectivity index (χ2v) is 4.51. The van der Waals surface area contributed by atoms with E-state index in [0.29, 0.717) is 17.2 Å². The molecule has 0 aliphatic carbocycles. The van der Waals surface area contributed by atoms with Gasteiger partial charge in [-0.15, -0.1) is 0 Å². The van der Waals surface area contributed by atoms with E-state index in [-0.39, 0.29) is 16.7 Å². The molecule has 0 aliphatic heterocycles. The second-order valence-electron chi connectivity index (χ2n) is 3.78. The Morgan fingerprint density at radius 2 is 2.00 bits per heavy atom. The summed E-state index contributed by atoms with van der Waals surface area (Å²) in [6, 6.07) is 1.66. The number of aromatic nitrogens is 3. The predicted octanol–water partition coefficient (Wildman–Crippen LogP) is 2.01. The molecule has 0 unspecified atom stereocenters. The molecule has 0 radical (unpaired) electrons. The molecule has 2 aromatic heterocycles. The number of nitrogens with zero attached hydrogens (tertiary/aromatic N) is 3. The van der Waals surface area contributed by atoms with Crippen LogP contribution >= 0.6 is 23.2 Å². The Hall–Kier alpha value is -1.79. The maximum Gasteiger partial charge on any atom is 0.274 e. The van der Waals surface area contributed by atoms with Crippen molar-refractivity contribution in [1.82, 2.24) is 14.5 Å². The van der Waals surface area contributed by atoms with Gasteiger partial charge in [-0.3, -0.25) is 14.3 Å². The molecule has 2 heterocycles. The molecule has 0 fully saturated rings. The Morgan fingerprint density at radius 1 is 1.25 bits per heavy atom. The van der Waals surface area contributed by atoms with Crippen molar-refractivity contribution in [3.63, 3.8) is 0 Å². The summed E-state index contributed by atoms with van der Waals surface area (Å²) in [7, 11) is 3.02. The fourth-order valence-corrected chi connectivity index (χ4v) is 1.96. The molecule has 8 heteroatoms. The highest BCUT2D eigenvalue weighted by atomic mass is 35.5. The van der Waals surface area contributed by atoms with Crippen LogP contribution in [0.3, 0.4) is 0 Å². The van der Waals surface area contributed by atoms with Crippen LogP contribution in [0.25, 0.3) is 0 Å². The van der Waals surface area contributed by atoms with Crippen molar-refractivity contribution < 1.29 is 9.47 Å². The zero-order valence-electron chi connectivity index (χ0n) is 10.8. The van der Waals surface area contributed by atoms with Crippen molar-refractivity contribution in [2.75, 3.05) is 14.2 Å². The number of halogens is 2. The Bertz CT molecular complexity index is 688. The lowest BCUT2D eigenvalue weighted by atomic mass is 10.3. The van der Waals surface area contributed by atoms with E-state index in [9.17, 15) is 4.79 Å². The van der Waals surface area contributed by atoms with Gasteiger partial charge in [0.25, 0.3) is 5.56 Å². The van der Waals surface area contributed by atoms with Crippen molar-refractivity contribution in [2.24, 2.45) is 0 Å². The smallest absolute Gasteiger partial charge is 0.274 e. The maximum absolute atomic E-state index is 12.0. The van der Waals surface area contributed by atoms with Gasteiger partial charge < -0.3 is 9.47 Å². The molecule has 0 bridgehead atoms. The van der Waals surface area contributed by atoms with Crippen molar-refractivity contribution in [1.29, 1.82) is 0 Å². The minimum absolute atomic E-state index is 0.0292. The van der Waals surface area contributed by atoms with E-state index >= 15 is 0 Å². The summed E-state index contributed by atoms with van der Waals surface area (Å²) in [5.74, 6) is 0.978. The van der Waals surface area contributed by atoms with Gasteiger partial charge in [0.1, 0.15) is 10.7 Å². The van der Waals surface area contributed by atoms with Crippen LogP contribution < -0.4 is 15.0 Å². The van der Waals surface area contributed by atoms with E-state index in [4.69, 9.17) is 32.7 Å². The third-order valence-corrected chi connectivity index (χ3v) is 3.35. The monoisotopic (exact) mass is 315 g/mol. The molecule has 20 heavy (non-hydrogen) atoms. The maximum atomic E-state index is 12.0. The number of hydrogen-bond donors (Lipinski definition) is 0. The molecule has 0 saturated heterocycles. The summed E-state index contributed by atoms with van der Waals surface area (Å²) in [5, 5.41) is -0.158. The lowest BCUT2D eigenvalue weighted by Crippen LogP contribution is -2.22. The molecule has 2 aromatic rings. The molecule has 0 saturated carbocycles. The van der Waals surface area contributed by atoms with Gasteiger partial charge in [0.15, 0.2) is 16.7 Å². The second kappa shape index (κ2) is 6.11. The van der Waals surface area contributed by atoms with E-state index in [1.54, 1.807) is 12.3 Å². The van der Waals surface area contributed by atoms with Gasteiger partial charge in [-0.05, 0) is 0 Å². The molecule has 0 spiro atoms. The minimum Gasteiger partial charge on any atom is -0.493 e. The fraction of sp³-hybridized carbons (Fsp3) is 0.250. The first-order chi connectivity index (χ1) is 9.58. The number of methoxy groups -OCH3 is 2. The first kappa shape index (κ1) is 14.6. The summed E-state index contributed by atoms with van der Waals surface area (Å²) >= 11 is 11.5. The highest BCUT2D eigenvalue weighted by Gasteiger charge is 2.14. The molecule has 0 aliphatic rings. The zero-order chi connectivity index (χ0) is 14.7. The average Bonchev–Trinajstić information content (AvgIpc) is 2.47. The molecule has 2 rings (SSSR count). The number of hydrogen-bond acceptors (Lipinski definition) is 5. The molecular formula is C12H11Cl2N3O3. The summed E-state index contributed by atoms with van der Waals surface area (Å²) in [5.41, 5.74) is 0.0764. The van der Waals surface area contributed by atoms with Gasteiger partial charge in [-0.2, -0.15) is 0 Å². The van der Waals surface area contributed by atoms with Crippen molar-refractivity contribution in [3.8, 4) is 11.5 Å². The summed E-state index contributed by atoms with van der Waals surface area (Å²) in [6.45, 7) is 0.142. The summed E-state index contributed by atoms with van der Waals surface area (Å²) in [6.07, 6.45) is 2.86. The quantitative estimate of drug-likeness (QED) is 0.807. The van der Waals surface area contributed by atoms with E-state index in [1.807, 2.05) is 0 Å². The number of ether oxygens (including phenoxy) is 2. The van der Waals surface area contributed by atoms with Crippen molar-refractivity contribution in [2.45, 2.75) is 6.54 Å². The number of rotatable bonds is 4. The van der Waals surface area contributed by atoms with Crippen LogP contribution in [-0.2, 0) is 6.54 Å². The fourth-order valence-electron chi connectivity index (χ4n) is 1.68. The topological polar surface area (TPSA) is 66.2 Å². The Kier molecular flexibility index (Phi) is 4.46. The van der Waals surface area contributed by atoms with Gasteiger partial charge in [-0.25, -0.2) is 4.98 Å². The molecule has 0 N–H and O–H groups in total. The third-order valence-electron chi connectivity index (χ3n) is 2.63. The van der Waals surface area contributed by atoms with Crippen molar-refractivity contribution in [3.05, 3.63) is 44.8 Å². The molecular weight excluding hydrogens is 305 g/mol. The van der Waals surface area contributed by atoms with E-state index in [2.05, 4.69) is 9.97 Å². The van der Waals surface area contributed by atoms with Crippen LogP contribution in [0, 0.1) is 0 Å². The minimum atomic E-state index is -0.446. The van der Waals surface area contributed by atoms with E-state index < -0.39 is 5.56 Å². The Balaban J connectivity index is 2.45. The molecule has 0 atom stereocenters. The van der Waals surface area contributed by atoms with Crippen LogP contribution in [0.5, 0.6) is 11.5 Å². The molecule has 0 amide bonds. The molecule has 106 valence electrons. The van der Waals surface area contributed by atoms with Crippen LogP contribution in [0.2, 0.25) is 10.2 Å². The van der Waals surface area contributed by atoms with Crippen molar-refractivity contribution >= 4 is 23.2 Å². The largest absolute Gasteiger partial charge is 0.493 e. The van der Waals surface area contributed by atoms with Gasteiger partial charge in [0.05, 0.1) is 27.1 Å². The SMILES string of the molecule is COc1ccnc(Cn2cnc(Cl)c(Cl)c2=O)c1OC. The lowest BCUT2D eigenvalue weighted by molar-refractivity contribution is 0.348. The van der Waals surface area contributed by atoms with Crippen LogP contribution in [0.1, 0.15) is 5.69 Å². The Labute approximate surface area is 124 Å². The first-order valence-corrected chi connectivity index (χ1v) is 6.30. The first-order valence-electron chi connectivity index (χ1n) is 5.54. The Morgan fingerprint density at radius 3 is 2.65 bits per heavy atom. The average molecular weight is 316 g/mol. The normalized spacial score (nSPS) is 10.4. The molecule has 6 nitrogen and oxygen atoms in total. The zero-order valence-corrected chi connectivity index (χ0v) is 12.3. The summed E-state index contributed by atoms with van der Waals surface area (Å²) in [4.78, 5) is 20.0. The van der Waals surface area contributed by atoms with Crippen LogP contribution in [0.4, 0.5) is 0 Å². The van der Waals surface area contributed by atoms with Gasteiger partial charge in [0.2, 0.25) is 0 Å². The predicted molar refractivity (Wildman–Crippen MR) is 75.0 cm³/mol.